The van der Waals surface area contributed by atoms with Gasteiger partial charge in [-0.15, -0.1) is 0 Å². The van der Waals surface area contributed by atoms with Crippen LogP contribution in [0.3, 0.4) is 0 Å². The zero-order chi connectivity index (χ0) is 25.9. The number of benzene rings is 4. The average Bonchev–Trinajstić information content (AvgIpc) is 2.93. The normalized spacial score (nSPS) is 10.8. The molecule has 4 rings (SSSR count). The molecule has 1 N–H and O–H groups in total. The molecule has 0 aliphatic carbocycles. The monoisotopic (exact) mass is 508 g/mol. The second-order valence-electron chi connectivity index (χ2n) is 8.76. The first kappa shape index (κ1) is 25.9. The lowest BCUT2D eigenvalue weighted by molar-refractivity contribution is -0.127. The Balaban J connectivity index is 1.37. The molecule has 0 aliphatic rings. The second kappa shape index (κ2) is 13.2. The van der Waals surface area contributed by atoms with Gasteiger partial charge < -0.3 is 10.2 Å². The molecule has 5 heteroatoms. The van der Waals surface area contributed by atoms with Crippen LogP contribution in [0.15, 0.2) is 115 Å². The van der Waals surface area contributed by atoms with Gasteiger partial charge in [0.15, 0.2) is 0 Å². The van der Waals surface area contributed by atoms with Gasteiger partial charge in [0, 0.05) is 36.3 Å². The number of hydrogen-bond donors (Lipinski definition) is 1. The van der Waals surface area contributed by atoms with Crippen LogP contribution in [-0.4, -0.2) is 23.3 Å². The van der Waals surface area contributed by atoms with Crippen molar-refractivity contribution in [1.29, 1.82) is 0 Å². The predicted molar refractivity (Wildman–Crippen MR) is 150 cm³/mol. The molecule has 186 valence electrons. The maximum atomic E-state index is 13.2. The lowest BCUT2D eigenvalue weighted by Crippen LogP contribution is -2.28. The van der Waals surface area contributed by atoms with E-state index in [4.69, 9.17) is 11.6 Å². The minimum Gasteiger partial charge on any atom is -0.352 e. The van der Waals surface area contributed by atoms with Gasteiger partial charge in [0.25, 0.3) is 5.91 Å². The average molecular weight is 509 g/mol. The van der Waals surface area contributed by atoms with Crippen LogP contribution in [0.5, 0.6) is 0 Å². The van der Waals surface area contributed by atoms with Gasteiger partial charge in [-0.25, -0.2) is 0 Å². The van der Waals surface area contributed by atoms with Gasteiger partial charge in [0.05, 0.1) is 0 Å². The van der Waals surface area contributed by atoms with E-state index in [9.17, 15) is 9.59 Å². The van der Waals surface area contributed by atoms with E-state index >= 15 is 0 Å². The molecule has 0 saturated heterocycles. The molecule has 4 aromatic rings. The Kier molecular flexibility index (Phi) is 9.28. The first-order chi connectivity index (χ1) is 18.1. The predicted octanol–water partition coefficient (Wildman–Crippen LogP) is 6.55. The highest BCUT2D eigenvalue weighted by Gasteiger charge is 2.13. The topological polar surface area (TPSA) is 49.4 Å². The highest BCUT2D eigenvalue weighted by Crippen LogP contribution is 2.16. The van der Waals surface area contributed by atoms with Crippen molar-refractivity contribution in [3.63, 3.8) is 0 Å². The van der Waals surface area contributed by atoms with Gasteiger partial charge in [0.2, 0.25) is 5.91 Å². The zero-order valence-corrected chi connectivity index (χ0v) is 21.3. The van der Waals surface area contributed by atoms with Crippen LogP contribution >= 0.6 is 11.6 Å². The third-order valence-corrected chi connectivity index (χ3v) is 6.16. The fourth-order valence-corrected chi connectivity index (χ4v) is 4.17. The van der Waals surface area contributed by atoms with Crippen molar-refractivity contribution >= 4 is 29.5 Å². The smallest absolute Gasteiger partial charge is 0.251 e. The summed E-state index contributed by atoms with van der Waals surface area (Å²) in [5, 5.41) is 3.60. The molecule has 0 radical (unpaired) electrons. The lowest BCUT2D eigenvalue weighted by atomic mass is 10.1. The number of carbonyl (C=O) groups excluding carboxylic acids is 2. The fraction of sp³-hybridized carbons (Fsp3) is 0.125. The number of amides is 2. The van der Waals surface area contributed by atoms with E-state index in [1.807, 2.05) is 97.1 Å². The van der Waals surface area contributed by atoms with Crippen molar-refractivity contribution < 1.29 is 9.59 Å². The van der Waals surface area contributed by atoms with Crippen molar-refractivity contribution in [2.24, 2.45) is 0 Å². The zero-order valence-electron chi connectivity index (χ0n) is 20.5. The third kappa shape index (κ3) is 8.19. The van der Waals surface area contributed by atoms with Gasteiger partial charge in [-0.1, -0.05) is 96.5 Å². The highest BCUT2D eigenvalue weighted by atomic mass is 35.5. The summed E-state index contributed by atoms with van der Waals surface area (Å²) in [6.45, 7) is 1.50. The first-order valence-corrected chi connectivity index (χ1v) is 12.6. The van der Waals surface area contributed by atoms with Crippen molar-refractivity contribution in [3.05, 3.63) is 148 Å². The van der Waals surface area contributed by atoms with Crippen LogP contribution in [0.25, 0.3) is 6.08 Å². The summed E-state index contributed by atoms with van der Waals surface area (Å²) >= 11 is 6.15. The molecule has 4 aromatic carbocycles. The SMILES string of the molecule is O=C(NCCc1ccccc1)c1ccc(/C=C/C(=O)N(Cc2ccccc2)Cc2cccc(Cl)c2)cc1. The summed E-state index contributed by atoms with van der Waals surface area (Å²) in [6, 6.07) is 34.7. The Hall–Kier alpha value is -4.15. The Morgan fingerprint density at radius 2 is 1.35 bits per heavy atom. The van der Waals surface area contributed by atoms with Crippen LogP contribution in [0.1, 0.15) is 32.6 Å². The van der Waals surface area contributed by atoms with E-state index in [1.54, 1.807) is 29.2 Å². The molecule has 0 fully saturated rings. The Bertz CT molecular complexity index is 1340. The second-order valence-corrected chi connectivity index (χ2v) is 9.19. The van der Waals surface area contributed by atoms with E-state index in [1.165, 1.54) is 5.56 Å². The van der Waals surface area contributed by atoms with E-state index in [0.717, 1.165) is 23.1 Å². The molecule has 0 bridgehead atoms. The summed E-state index contributed by atoms with van der Waals surface area (Å²) in [4.78, 5) is 27.4. The summed E-state index contributed by atoms with van der Waals surface area (Å²) in [7, 11) is 0. The third-order valence-electron chi connectivity index (χ3n) is 5.92. The van der Waals surface area contributed by atoms with Crippen LogP contribution in [0, 0.1) is 0 Å². The van der Waals surface area contributed by atoms with Crippen LogP contribution in [-0.2, 0) is 24.3 Å². The summed E-state index contributed by atoms with van der Waals surface area (Å²) in [6.07, 6.45) is 4.13. The summed E-state index contributed by atoms with van der Waals surface area (Å²) in [5.74, 6) is -0.218. The van der Waals surface area contributed by atoms with E-state index in [0.29, 0.717) is 30.2 Å². The number of carbonyl (C=O) groups is 2. The lowest BCUT2D eigenvalue weighted by Gasteiger charge is -2.22. The standard InChI is InChI=1S/C32H29ClN2O2/c33-30-13-7-12-28(22-30)24-35(23-27-10-5-2-6-11-27)31(36)19-16-26-14-17-29(18-15-26)32(37)34-21-20-25-8-3-1-4-9-25/h1-19,22H,20-21,23-24H2,(H,34,37)/b19-16+. The van der Waals surface area contributed by atoms with Crippen LogP contribution < -0.4 is 5.32 Å². The molecule has 0 atom stereocenters. The molecular formula is C32H29ClN2O2. The molecule has 0 heterocycles. The van der Waals surface area contributed by atoms with Gasteiger partial charge in [0.1, 0.15) is 0 Å². The number of nitrogens with one attached hydrogen (secondary N) is 1. The fourth-order valence-electron chi connectivity index (χ4n) is 3.96. The largest absolute Gasteiger partial charge is 0.352 e. The summed E-state index contributed by atoms with van der Waals surface area (Å²) < 4.78 is 0. The maximum absolute atomic E-state index is 13.2. The van der Waals surface area contributed by atoms with Gasteiger partial charge >= 0.3 is 0 Å². The maximum Gasteiger partial charge on any atom is 0.251 e. The number of rotatable bonds is 10. The molecule has 0 aromatic heterocycles. The Labute approximate surface area is 223 Å². The minimum atomic E-state index is -0.113. The van der Waals surface area contributed by atoms with E-state index < -0.39 is 0 Å². The number of halogens is 1. The number of nitrogens with zero attached hydrogens (tertiary/aromatic N) is 1. The number of hydrogen-bond acceptors (Lipinski definition) is 2. The quantitative estimate of drug-likeness (QED) is 0.247. The van der Waals surface area contributed by atoms with E-state index in [2.05, 4.69) is 5.32 Å². The Morgan fingerprint density at radius 3 is 2.03 bits per heavy atom. The molecule has 0 aliphatic heterocycles. The molecule has 0 unspecified atom stereocenters. The molecule has 2 amide bonds. The molecule has 0 spiro atoms. The Morgan fingerprint density at radius 1 is 0.730 bits per heavy atom. The van der Waals surface area contributed by atoms with E-state index in [-0.39, 0.29) is 11.8 Å². The van der Waals surface area contributed by atoms with Crippen molar-refractivity contribution in [3.8, 4) is 0 Å². The van der Waals surface area contributed by atoms with Gasteiger partial charge in [-0.3, -0.25) is 9.59 Å². The van der Waals surface area contributed by atoms with Crippen molar-refractivity contribution in [2.75, 3.05) is 6.54 Å². The van der Waals surface area contributed by atoms with Gasteiger partial charge in [-0.2, -0.15) is 0 Å². The minimum absolute atomic E-state index is 0.105. The molecule has 4 nitrogen and oxygen atoms in total. The van der Waals surface area contributed by atoms with Crippen molar-refractivity contribution in [1.82, 2.24) is 10.2 Å². The van der Waals surface area contributed by atoms with Gasteiger partial charge in [-0.05, 0) is 59.0 Å². The summed E-state index contributed by atoms with van der Waals surface area (Å²) in [5.41, 5.74) is 4.63. The van der Waals surface area contributed by atoms with Crippen LogP contribution in [0.2, 0.25) is 5.02 Å². The molecular weight excluding hydrogens is 480 g/mol. The first-order valence-electron chi connectivity index (χ1n) is 12.2. The highest BCUT2D eigenvalue weighted by molar-refractivity contribution is 6.30. The van der Waals surface area contributed by atoms with Crippen LogP contribution in [0.4, 0.5) is 0 Å². The van der Waals surface area contributed by atoms with Crippen molar-refractivity contribution in [2.45, 2.75) is 19.5 Å². The molecule has 0 saturated carbocycles. The molecule has 37 heavy (non-hydrogen) atoms.